The normalized spacial score (nSPS) is 11.7. The van der Waals surface area contributed by atoms with E-state index in [0.29, 0.717) is 66.6 Å². The van der Waals surface area contributed by atoms with E-state index in [2.05, 4.69) is 4.98 Å². The minimum Gasteiger partial charge on any atom is -0.493 e. The van der Waals surface area contributed by atoms with Crippen molar-refractivity contribution in [2.24, 2.45) is 0 Å². The Balaban J connectivity index is 1.67. The first-order chi connectivity index (χ1) is 17.3. The highest BCUT2D eigenvalue weighted by Crippen LogP contribution is 2.48. The van der Waals surface area contributed by atoms with Gasteiger partial charge in [0, 0.05) is 35.9 Å². The van der Waals surface area contributed by atoms with Gasteiger partial charge in [-0.25, -0.2) is 4.39 Å². The Kier molecular flexibility index (Phi) is 9.89. The van der Waals surface area contributed by atoms with Crippen molar-refractivity contribution in [2.75, 3.05) is 52.5 Å². The molecule has 1 heterocycles. The predicted octanol–water partition coefficient (Wildman–Crippen LogP) is 5.68. The molecule has 2 N–H and O–H groups in total. The number of anilines is 1. The number of nitrogens with zero attached hydrogens (tertiary/aromatic N) is 2. The number of halogens is 1. The van der Waals surface area contributed by atoms with E-state index in [0.717, 1.165) is 0 Å². The topological polar surface area (TPSA) is 105 Å². The number of pyridine rings is 1. The molecule has 0 aliphatic carbocycles. The van der Waals surface area contributed by atoms with Crippen LogP contribution in [-0.4, -0.2) is 56.7 Å². The number of benzene rings is 2. The molecule has 0 unspecified atom stereocenters. The van der Waals surface area contributed by atoms with Crippen molar-refractivity contribution in [3.63, 3.8) is 0 Å². The molecule has 11 heteroatoms. The average Bonchev–Trinajstić information content (AvgIpc) is 2.83. The van der Waals surface area contributed by atoms with Gasteiger partial charge in [0.25, 0.3) is 0 Å². The van der Waals surface area contributed by atoms with Gasteiger partial charge in [-0.1, -0.05) is 0 Å². The highest BCUT2D eigenvalue weighted by molar-refractivity contribution is 7.53. The van der Waals surface area contributed by atoms with Gasteiger partial charge < -0.3 is 29.0 Å². The third-order valence-corrected chi connectivity index (χ3v) is 7.30. The first-order valence-electron chi connectivity index (χ1n) is 11.7. The molecule has 0 aliphatic rings. The van der Waals surface area contributed by atoms with Gasteiger partial charge in [-0.15, -0.1) is 0 Å². The number of hydrogen-bond acceptors (Lipinski definition) is 9. The summed E-state index contributed by atoms with van der Waals surface area (Å²) >= 11 is 0. The minimum atomic E-state index is -3.14. The summed E-state index contributed by atoms with van der Waals surface area (Å²) in [6, 6.07) is 9.39. The Labute approximate surface area is 210 Å². The lowest BCUT2D eigenvalue weighted by Crippen LogP contribution is -2.24. The fraction of sp³-hybridized carbons (Fsp3) is 0.400. The summed E-state index contributed by atoms with van der Waals surface area (Å²) in [5.41, 5.74) is 6.54. The third-order valence-electron chi connectivity index (χ3n) is 5.17. The Morgan fingerprint density at radius 3 is 2.44 bits per heavy atom. The predicted molar refractivity (Wildman–Crippen MR) is 138 cm³/mol. The van der Waals surface area contributed by atoms with Crippen molar-refractivity contribution in [3.8, 4) is 23.0 Å². The molecule has 0 radical (unpaired) electrons. The lowest BCUT2D eigenvalue weighted by molar-refractivity contribution is 0.199. The van der Waals surface area contributed by atoms with Crippen molar-refractivity contribution in [1.29, 1.82) is 0 Å². The molecule has 3 rings (SSSR count). The number of rotatable bonds is 14. The summed E-state index contributed by atoms with van der Waals surface area (Å²) in [5, 5.41) is 0.639. The molecule has 0 saturated carbocycles. The lowest BCUT2D eigenvalue weighted by Gasteiger charge is -2.23. The van der Waals surface area contributed by atoms with E-state index in [1.165, 1.54) is 19.2 Å². The van der Waals surface area contributed by atoms with Crippen molar-refractivity contribution in [1.82, 2.24) is 9.88 Å². The zero-order valence-corrected chi connectivity index (χ0v) is 21.9. The van der Waals surface area contributed by atoms with Gasteiger partial charge in [0.15, 0.2) is 23.1 Å². The highest BCUT2D eigenvalue weighted by Gasteiger charge is 2.25. The molecule has 0 amide bonds. The van der Waals surface area contributed by atoms with Crippen LogP contribution in [-0.2, 0) is 13.6 Å². The van der Waals surface area contributed by atoms with E-state index >= 15 is 0 Å². The molecule has 3 aromatic rings. The molecule has 2 aromatic carbocycles. The fourth-order valence-corrected chi connectivity index (χ4v) is 5.36. The summed E-state index contributed by atoms with van der Waals surface area (Å²) in [4.78, 5) is 6.29. The molecule has 0 atom stereocenters. The molecule has 0 bridgehead atoms. The van der Waals surface area contributed by atoms with E-state index < -0.39 is 13.4 Å². The number of nitrogens with two attached hydrogens (primary N) is 1. The summed E-state index contributed by atoms with van der Waals surface area (Å²) in [6.45, 7) is 5.25. The number of nitrogen functional groups attached to an aromatic ring is 1. The maximum absolute atomic E-state index is 14.2. The van der Waals surface area contributed by atoms with Crippen molar-refractivity contribution >= 4 is 24.2 Å². The van der Waals surface area contributed by atoms with E-state index in [-0.39, 0.29) is 12.0 Å². The second kappa shape index (κ2) is 12.9. The van der Waals surface area contributed by atoms with Crippen LogP contribution in [0.25, 0.3) is 10.9 Å². The largest absolute Gasteiger partial charge is 0.493 e. The summed E-state index contributed by atoms with van der Waals surface area (Å²) < 4.78 is 54.9. The van der Waals surface area contributed by atoms with Crippen LogP contribution in [0.3, 0.4) is 0 Å². The van der Waals surface area contributed by atoms with E-state index in [1.807, 2.05) is 11.9 Å². The second-order valence-electron chi connectivity index (χ2n) is 7.99. The molecular weight excluding hydrogens is 488 g/mol. The van der Waals surface area contributed by atoms with Crippen LogP contribution in [0.1, 0.15) is 20.3 Å². The van der Waals surface area contributed by atoms with Gasteiger partial charge >= 0.3 is 7.60 Å². The second-order valence-corrected chi connectivity index (χ2v) is 10.0. The molecule has 36 heavy (non-hydrogen) atoms. The maximum Gasteiger partial charge on any atom is 0.344 e. The number of hydrogen-bond donors (Lipinski definition) is 1. The monoisotopic (exact) mass is 521 g/mol. The molecule has 0 aliphatic heterocycles. The van der Waals surface area contributed by atoms with Crippen LogP contribution in [0, 0.1) is 5.82 Å². The first-order valence-corrected chi connectivity index (χ1v) is 13.4. The van der Waals surface area contributed by atoms with Gasteiger partial charge in [0.2, 0.25) is 0 Å². The quantitative estimate of drug-likeness (QED) is 0.163. The minimum absolute atomic E-state index is 0.0540. The molecule has 9 nitrogen and oxygen atoms in total. The summed E-state index contributed by atoms with van der Waals surface area (Å²) in [6.07, 6.45) is 2.45. The Bertz CT molecular complexity index is 1200. The van der Waals surface area contributed by atoms with Crippen molar-refractivity contribution in [3.05, 3.63) is 48.4 Å². The molecule has 196 valence electrons. The Morgan fingerprint density at radius 2 is 1.78 bits per heavy atom. The van der Waals surface area contributed by atoms with Gasteiger partial charge in [0.05, 0.1) is 32.4 Å². The van der Waals surface area contributed by atoms with Gasteiger partial charge in [-0.2, -0.15) is 0 Å². The van der Waals surface area contributed by atoms with Crippen LogP contribution in [0.15, 0.2) is 42.6 Å². The van der Waals surface area contributed by atoms with Crippen LogP contribution < -0.4 is 19.9 Å². The van der Waals surface area contributed by atoms with E-state index in [4.69, 9.17) is 29.0 Å². The number of fused-ring (bicyclic) bond motifs is 1. The average molecular weight is 522 g/mol. The fourth-order valence-electron chi connectivity index (χ4n) is 3.60. The summed E-state index contributed by atoms with van der Waals surface area (Å²) in [5.74, 6) is 0.922. The smallest absolute Gasteiger partial charge is 0.344 e. The van der Waals surface area contributed by atoms with E-state index in [1.54, 1.807) is 44.3 Å². The van der Waals surface area contributed by atoms with Crippen LogP contribution >= 0.6 is 7.60 Å². The first kappa shape index (κ1) is 27.7. The zero-order chi connectivity index (χ0) is 26.1. The zero-order valence-electron chi connectivity index (χ0n) is 21.0. The van der Waals surface area contributed by atoms with Crippen molar-refractivity contribution in [2.45, 2.75) is 20.3 Å². The Morgan fingerprint density at radius 1 is 1.03 bits per heavy atom. The van der Waals surface area contributed by atoms with Crippen molar-refractivity contribution < 1.29 is 32.2 Å². The molecule has 0 saturated heterocycles. The SMILES string of the molecule is CCOP(=O)(CN(C)CCCOc1cc2nccc(Oc3ccc(N)cc3F)c2cc1OC)OCC. The van der Waals surface area contributed by atoms with Gasteiger partial charge in [-0.05, 0) is 51.6 Å². The van der Waals surface area contributed by atoms with Crippen LogP contribution in [0.5, 0.6) is 23.0 Å². The molecule has 0 spiro atoms. The molecular formula is C25H33FN3O6P. The number of methoxy groups -OCH3 is 1. The third kappa shape index (κ3) is 7.30. The van der Waals surface area contributed by atoms with Crippen LogP contribution in [0.4, 0.5) is 10.1 Å². The standard InChI is InChI=1S/C25H33FN3O6P/c1-5-33-36(30,34-6-2)17-29(3)12-7-13-32-25-16-21-19(15-24(25)31-4)22(10-11-28-21)35-23-9-8-18(27)14-20(23)26/h8-11,14-16H,5-7,12-13,17,27H2,1-4H3. The van der Waals surface area contributed by atoms with E-state index in [9.17, 15) is 8.96 Å². The summed E-state index contributed by atoms with van der Waals surface area (Å²) in [7, 11) is 0.254. The Hall–Kier alpha value is -2.91. The molecule has 1 aromatic heterocycles. The highest BCUT2D eigenvalue weighted by atomic mass is 31.2. The van der Waals surface area contributed by atoms with Crippen LogP contribution in [0.2, 0.25) is 0 Å². The van der Waals surface area contributed by atoms with Gasteiger partial charge in [0.1, 0.15) is 12.0 Å². The molecule has 0 fully saturated rings. The lowest BCUT2D eigenvalue weighted by atomic mass is 10.1. The maximum atomic E-state index is 14.2. The van der Waals surface area contributed by atoms with Gasteiger partial charge in [-0.3, -0.25) is 14.4 Å². The number of aromatic nitrogens is 1. The number of ether oxygens (including phenoxy) is 3.